The molecule has 5 aromatic rings. The average Bonchev–Trinajstić information content (AvgIpc) is 3.52. The first-order valence-electron chi connectivity index (χ1n) is 18.7. The van der Waals surface area contributed by atoms with E-state index in [0.717, 1.165) is 60.0 Å². The fourth-order valence-electron chi connectivity index (χ4n) is 6.31. The molecule has 0 unspecified atom stereocenters. The summed E-state index contributed by atoms with van der Waals surface area (Å²) in [7, 11) is 4.28. The van der Waals surface area contributed by atoms with Crippen molar-refractivity contribution >= 4 is 38.0 Å². The number of carbonyl (C=O) groups is 1. The van der Waals surface area contributed by atoms with Crippen LogP contribution in [0.5, 0.6) is 0 Å². The molecule has 0 bridgehead atoms. The second-order valence-corrected chi connectivity index (χ2v) is 17.1. The van der Waals surface area contributed by atoms with Crippen molar-refractivity contribution in [2.45, 2.75) is 114 Å². The van der Waals surface area contributed by atoms with E-state index in [2.05, 4.69) is 102 Å². The van der Waals surface area contributed by atoms with Gasteiger partial charge in [-0.25, -0.2) is 0 Å². The second kappa shape index (κ2) is 17.7. The number of carbonyl (C=O) groups excluding carboxylic acids is 1. The van der Waals surface area contributed by atoms with Crippen LogP contribution in [0.2, 0.25) is 0 Å². The smallest absolute Gasteiger partial charge is 0.164 e. The number of aliphatic hydroxyl groups is 1. The predicted octanol–water partition coefficient (Wildman–Crippen LogP) is 12.7. The van der Waals surface area contributed by atoms with Crippen LogP contribution in [0.1, 0.15) is 112 Å². The zero-order valence-corrected chi connectivity index (χ0v) is 36.5. The minimum absolute atomic E-state index is 0. The van der Waals surface area contributed by atoms with Crippen molar-refractivity contribution < 1.29 is 34.6 Å². The SMILES string of the molecule is CCC(C)(CC)C(=O)/C=C(\O)C(C)(CC)CC.[CH2-][n+]1ccc(-c2nccc3cc(CC(C)C)sc23)cc1-c1[c-]c2ccccc2c(C(C)(C)C)c1.[Ir]. The van der Waals surface area contributed by atoms with Crippen LogP contribution in [0.4, 0.5) is 0 Å². The molecule has 0 amide bonds. The quantitative estimate of drug-likeness (QED) is 0.0622. The second-order valence-electron chi connectivity index (χ2n) is 16.0. The van der Waals surface area contributed by atoms with Gasteiger partial charge in [0.05, 0.1) is 16.6 Å². The maximum Gasteiger partial charge on any atom is 0.164 e. The summed E-state index contributed by atoms with van der Waals surface area (Å²) >= 11 is 1.87. The van der Waals surface area contributed by atoms with Gasteiger partial charge in [0.15, 0.2) is 5.78 Å². The third-order valence-corrected chi connectivity index (χ3v) is 12.0. The molecule has 0 saturated heterocycles. The Morgan fingerprint density at radius 3 is 2.17 bits per heavy atom. The monoisotopic (exact) mass is 896 g/mol. The van der Waals surface area contributed by atoms with Gasteiger partial charge in [0, 0.05) is 55.1 Å². The van der Waals surface area contributed by atoms with Gasteiger partial charge < -0.3 is 9.67 Å². The summed E-state index contributed by atoms with van der Waals surface area (Å²) in [5.74, 6) is 0.923. The molecule has 4 nitrogen and oxygen atoms in total. The van der Waals surface area contributed by atoms with Crippen LogP contribution in [0, 0.1) is 29.9 Å². The summed E-state index contributed by atoms with van der Waals surface area (Å²) in [5, 5.41) is 13.8. The van der Waals surface area contributed by atoms with Gasteiger partial charge in [0.1, 0.15) is 11.5 Å². The number of allylic oxidation sites excluding steroid dienone is 2. The first-order valence-corrected chi connectivity index (χ1v) is 19.5. The van der Waals surface area contributed by atoms with Crippen molar-refractivity contribution in [1.82, 2.24) is 4.98 Å². The molecule has 0 fully saturated rings. The van der Waals surface area contributed by atoms with Crippen LogP contribution < -0.4 is 4.57 Å². The summed E-state index contributed by atoms with van der Waals surface area (Å²) in [4.78, 5) is 18.4. The Morgan fingerprint density at radius 1 is 0.942 bits per heavy atom. The van der Waals surface area contributed by atoms with Crippen molar-refractivity contribution in [2.75, 3.05) is 0 Å². The molecule has 52 heavy (non-hydrogen) atoms. The molecule has 5 rings (SSSR count). The molecule has 2 aromatic carbocycles. The fraction of sp³-hybridized carbons (Fsp3) is 0.435. The molecule has 3 heterocycles. The molecule has 0 aliphatic rings. The number of pyridine rings is 2. The number of rotatable bonds is 11. The van der Waals surface area contributed by atoms with E-state index in [9.17, 15) is 9.90 Å². The maximum absolute atomic E-state index is 12.2. The van der Waals surface area contributed by atoms with Gasteiger partial charge in [-0.05, 0) is 78.7 Å². The van der Waals surface area contributed by atoms with Gasteiger partial charge in [-0.2, -0.15) is 0 Å². The summed E-state index contributed by atoms with van der Waals surface area (Å²) < 4.78 is 3.19. The molecule has 0 atom stereocenters. The largest absolute Gasteiger partial charge is 0.512 e. The van der Waals surface area contributed by atoms with E-state index in [1.807, 2.05) is 69.8 Å². The van der Waals surface area contributed by atoms with Crippen molar-refractivity contribution in [1.29, 1.82) is 0 Å². The molecule has 281 valence electrons. The number of ketones is 1. The van der Waals surface area contributed by atoms with E-state index >= 15 is 0 Å². The Morgan fingerprint density at radius 2 is 1.58 bits per heavy atom. The van der Waals surface area contributed by atoms with Gasteiger partial charge in [-0.15, -0.1) is 40.5 Å². The van der Waals surface area contributed by atoms with E-state index in [-0.39, 0.29) is 47.9 Å². The third-order valence-electron chi connectivity index (χ3n) is 10.9. The van der Waals surface area contributed by atoms with Crippen LogP contribution in [0.25, 0.3) is 43.4 Å². The minimum Gasteiger partial charge on any atom is -0.512 e. The first kappa shape index (κ1) is 43.1. The zero-order chi connectivity index (χ0) is 37.7. The maximum atomic E-state index is 12.2. The molecule has 1 N–H and O–H groups in total. The third kappa shape index (κ3) is 9.61. The number of benzene rings is 2. The number of hydrogen-bond acceptors (Lipinski definition) is 4. The van der Waals surface area contributed by atoms with Crippen molar-refractivity contribution in [3.05, 3.63) is 102 Å². The van der Waals surface area contributed by atoms with Crippen LogP contribution in [-0.2, 0) is 36.7 Å². The van der Waals surface area contributed by atoms with Crippen molar-refractivity contribution in [3.63, 3.8) is 0 Å². The normalized spacial score (nSPS) is 12.5. The standard InChI is InChI=1S/C31H31N2S.C15H28O2.Ir/c1-20(2)15-25-17-23-11-13-32-29(30(23)34-25)22-12-14-33(6)28(19-22)24-16-21-9-7-8-10-26(21)27(18-24)31(3,4)5;1-7-14(5,8-2)12(16)11-13(17)15(6,9-3)10-4;/h7-14,17-20H,6,15H2,1-5H3;11,16H,7-10H2,1-6H3;/q-1;;/b;12-11-;. The molecule has 0 aliphatic carbocycles. The first-order chi connectivity index (χ1) is 24.0. The summed E-state index contributed by atoms with van der Waals surface area (Å²) in [6.45, 7) is 23.4. The number of aromatic nitrogens is 2. The predicted molar refractivity (Wildman–Crippen MR) is 218 cm³/mol. The molecule has 3 aromatic heterocycles. The average molecular weight is 896 g/mol. The van der Waals surface area contributed by atoms with E-state index < -0.39 is 0 Å². The molecule has 0 spiro atoms. The molecule has 0 aliphatic heterocycles. The zero-order valence-electron chi connectivity index (χ0n) is 33.2. The van der Waals surface area contributed by atoms with Crippen LogP contribution in [-0.4, -0.2) is 15.9 Å². The van der Waals surface area contributed by atoms with Gasteiger partial charge in [-0.1, -0.05) is 105 Å². The van der Waals surface area contributed by atoms with Gasteiger partial charge in [-0.3, -0.25) is 9.78 Å². The van der Waals surface area contributed by atoms with E-state index in [1.54, 1.807) is 0 Å². The Hall–Kier alpha value is -3.31. The number of aliphatic hydroxyl groups excluding tert-OH is 1. The Kier molecular flexibility index (Phi) is 14.6. The number of fused-ring (bicyclic) bond motifs is 2. The van der Waals surface area contributed by atoms with Gasteiger partial charge in [0.25, 0.3) is 0 Å². The Bertz CT molecular complexity index is 2010. The van der Waals surface area contributed by atoms with Crippen LogP contribution >= 0.6 is 11.3 Å². The summed E-state index contributed by atoms with van der Waals surface area (Å²) in [5.41, 5.74) is 4.97. The van der Waals surface area contributed by atoms with E-state index in [1.165, 1.54) is 32.0 Å². The summed E-state index contributed by atoms with van der Waals surface area (Å²) in [6, 6.07) is 23.2. The van der Waals surface area contributed by atoms with Gasteiger partial charge in [0.2, 0.25) is 0 Å². The molecule has 1 radical (unpaired) electrons. The van der Waals surface area contributed by atoms with E-state index in [0.29, 0.717) is 5.92 Å². The van der Waals surface area contributed by atoms with Crippen molar-refractivity contribution in [3.8, 4) is 22.5 Å². The summed E-state index contributed by atoms with van der Waals surface area (Å²) in [6.07, 6.45) is 9.81. The molecule has 6 heteroatoms. The molecule has 0 saturated carbocycles. The molecular formula is C46H59IrN2O2S-. The van der Waals surface area contributed by atoms with Crippen molar-refractivity contribution in [2.24, 2.45) is 16.7 Å². The topological polar surface area (TPSA) is 54.1 Å². The number of nitrogens with zero attached hydrogens (tertiary/aromatic N) is 2. The van der Waals surface area contributed by atoms with E-state index in [4.69, 9.17) is 4.98 Å². The number of thiophene rings is 1. The van der Waals surface area contributed by atoms with Crippen LogP contribution in [0.15, 0.2) is 78.8 Å². The Balaban J connectivity index is 0.000000347. The van der Waals surface area contributed by atoms with Crippen LogP contribution in [0.3, 0.4) is 0 Å². The van der Waals surface area contributed by atoms with Gasteiger partial charge >= 0.3 is 0 Å². The molecular weight excluding hydrogens is 837 g/mol. The number of hydrogen-bond donors (Lipinski definition) is 1. The Labute approximate surface area is 331 Å². The fourth-order valence-corrected chi connectivity index (χ4v) is 7.68. The minimum atomic E-state index is -0.337.